The van der Waals surface area contributed by atoms with Crippen LogP contribution in [-0.2, 0) is 4.74 Å². The highest BCUT2D eigenvalue weighted by atomic mass is 35.5. The van der Waals surface area contributed by atoms with Gasteiger partial charge in [0.05, 0.1) is 30.9 Å². The van der Waals surface area contributed by atoms with Crippen molar-refractivity contribution in [1.29, 1.82) is 5.26 Å². The normalized spacial score (nSPS) is 19.3. The first-order chi connectivity index (χ1) is 8.76. The second kappa shape index (κ2) is 5.85. The lowest BCUT2D eigenvalue weighted by atomic mass is 10.1. The lowest BCUT2D eigenvalue weighted by Crippen LogP contribution is -2.49. The van der Waals surface area contributed by atoms with E-state index >= 15 is 0 Å². The molecule has 1 fully saturated rings. The van der Waals surface area contributed by atoms with Crippen LogP contribution in [0.4, 0.5) is 0 Å². The van der Waals surface area contributed by atoms with Crippen LogP contribution in [0.5, 0.6) is 0 Å². The molecule has 1 atom stereocenters. The van der Waals surface area contributed by atoms with E-state index < -0.39 is 0 Å². The molecule has 18 heavy (non-hydrogen) atoms. The molecule has 4 nitrogen and oxygen atoms in total. The molecule has 1 heterocycles. The minimum atomic E-state index is -0.0985. The SMILES string of the molecule is N#Cc1cccc(C(=O)N2CCOCC2CCl)c1. The van der Waals surface area contributed by atoms with Gasteiger partial charge < -0.3 is 9.64 Å². The topological polar surface area (TPSA) is 53.3 Å². The van der Waals surface area contributed by atoms with E-state index in [1.165, 1.54) is 0 Å². The summed E-state index contributed by atoms with van der Waals surface area (Å²) in [5.74, 6) is 0.255. The van der Waals surface area contributed by atoms with Crippen molar-refractivity contribution in [3.05, 3.63) is 35.4 Å². The summed E-state index contributed by atoms with van der Waals surface area (Å²) in [6, 6.07) is 8.63. The Bertz CT molecular complexity index is 484. The van der Waals surface area contributed by atoms with Gasteiger partial charge in [-0.1, -0.05) is 6.07 Å². The fourth-order valence-corrected chi connectivity index (χ4v) is 2.19. The Hall–Kier alpha value is -1.57. The maximum Gasteiger partial charge on any atom is 0.254 e. The molecule has 0 aromatic heterocycles. The summed E-state index contributed by atoms with van der Waals surface area (Å²) in [7, 11) is 0. The van der Waals surface area contributed by atoms with E-state index in [9.17, 15) is 4.79 Å². The molecular weight excluding hydrogens is 252 g/mol. The number of benzene rings is 1. The minimum absolute atomic E-state index is 0.0962. The average Bonchev–Trinajstić information content (AvgIpc) is 2.46. The number of rotatable bonds is 2. The summed E-state index contributed by atoms with van der Waals surface area (Å²) >= 11 is 5.84. The molecule has 1 aliphatic heterocycles. The van der Waals surface area contributed by atoms with Crippen LogP contribution in [0.2, 0.25) is 0 Å². The number of nitrogens with zero attached hydrogens (tertiary/aromatic N) is 2. The summed E-state index contributed by atoms with van der Waals surface area (Å²) in [5, 5.41) is 8.84. The smallest absolute Gasteiger partial charge is 0.254 e. The molecule has 1 saturated heterocycles. The van der Waals surface area contributed by atoms with Gasteiger partial charge in [0.2, 0.25) is 0 Å². The summed E-state index contributed by atoms with van der Waals surface area (Å²) < 4.78 is 5.30. The van der Waals surface area contributed by atoms with Gasteiger partial charge in [-0.2, -0.15) is 5.26 Å². The molecule has 1 aromatic carbocycles. The molecule has 1 amide bonds. The van der Waals surface area contributed by atoms with Gasteiger partial charge >= 0.3 is 0 Å². The van der Waals surface area contributed by atoms with Crippen molar-refractivity contribution in [3.63, 3.8) is 0 Å². The Morgan fingerprint density at radius 3 is 3.17 bits per heavy atom. The standard InChI is InChI=1S/C13H13ClN2O2/c14-7-12-9-18-5-4-16(12)13(17)11-3-1-2-10(6-11)8-15/h1-3,6,12H,4-5,7,9H2. The first-order valence-electron chi connectivity index (χ1n) is 5.71. The third-order valence-corrected chi connectivity index (χ3v) is 3.26. The third-order valence-electron chi connectivity index (χ3n) is 2.91. The highest BCUT2D eigenvalue weighted by molar-refractivity contribution is 6.18. The number of nitriles is 1. The zero-order valence-electron chi connectivity index (χ0n) is 9.80. The summed E-state index contributed by atoms with van der Waals surface area (Å²) in [6.07, 6.45) is 0. The number of hydrogen-bond donors (Lipinski definition) is 0. The molecule has 94 valence electrons. The van der Waals surface area contributed by atoms with Crippen LogP contribution in [0.1, 0.15) is 15.9 Å². The Morgan fingerprint density at radius 2 is 2.44 bits per heavy atom. The first-order valence-corrected chi connectivity index (χ1v) is 6.24. The number of hydrogen-bond acceptors (Lipinski definition) is 3. The first kappa shape index (κ1) is 12.9. The highest BCUT2D eigenvalue weighted by Crippen LogP contribution is 2.14. The largest absolute Gasteiger partial charge is 0.377 e. The van der Waals surface area contributed by atoms with Gasteiger partial charge in [0.15, 0.2) is 0 Å². The van der Waals surface area contributed by atoms with Crippen molar-refractivity contribution in [3.8, 4) is 6.07 Å². The second-order valence-electron chi connectivity index (χ2n) is 4.07. The molecule has 1 aromatic rings. The third kappa shape index (κ3) is 2.63. The van der Waals surface area contributed by atoms with E-state index in [1.807, 2.05) is 6.07 Å². The molecule has 0 saturated carbocycles. The van der Waals surface area contributed by atoms with E-state index in [-0.39, 0.29) is 11.9 Å². The molecule has 0 radical (unpaired) electrons. The van der Waals surface area contributed by atoms with Gasteiger partial charge in [-0.05, 0) is 18.2 Å². The average molecular weight is 265 g/mol. The summed E-state index contributed by atoms with van der Waals surface area (Å²) in [4.78, 5) is 14.1. The number of amides is 1. The predicted octanol–water partition coefficient (Wildman–Crippen LogP) is 1.64. The fraction of sp³-hybridized carbons (Fsp3) is 0.385. The number of carbonyl (C=O) groups excluding carboxylic acids is 1. The minimum Gasteiger partial charge on any atom is -0.377 e. The maximum absolute atomic E-state index is 12.3. The monoisotopic (exact) mass is 264 g/mol. The number of morpholine rings is 1. The van der Waals surface area contributed by atoms with E-state index in [2.05, 4.69) is 0 Å². The molecule has 0 N–H and O–H groups in total. The van der Waals surface area contributed by atoms with Crippen molar-refractivity contribution in [2.75, 3.05) is 25.6 Å². The Morgan fingerprint density at radius 1 is 1.61 bits per heavy atom. The van der Waals surface area contributed by atoms with Crippen molar-refractivity contribution >= 4 is 17.5 Å². The lowest BCUT2D eigenvalue weighted by Gasteiger charge is -2.34. The predicted molar refractivity (Wildman–Crippen MR) is 67.5 cm³/mol. The maximum atomic E-state index is 12.3. The van der Waals surface area contributed by atoms with Crippen molar-refractivity contribution in [2.24, 2.45) is 0 Å². The molecule has 5 heteroatoms. The Labute approximate surface area is 111 Å². The van der Waals surface area contributed by atoms with Crippen molar-refractivity contribution in [2.45, 2.75) is 6.04 Å². The van der Waals surface area contributed by atoms with Crippen molar-refractivity contribution in [1.82, 2.24) is 4.90 Å². The van der Waals surface area contributed by atoms with E-state index in [0.29, 0.717) is 36.8 Å². The lowest BCUT2D eigenvalue weighted by molar-refractivity contribution is 0.00456. The number of carbonyl (C=O) groups is 1. The Balaban J connectivity index is 2.21. The van der Waals surface area contributed by atoms with Crippen LogP contribution in [0.3, 0.4) is 0 Å². The molecule has 2 rings (SSSR count). The second-order valence-corrected chi connectivity index (χ2v) is 4.38. The zero-order chi connectivity index (χ0) is 13.0. The summed E-state index contributed by atoms with van der Waals surface area (Å²) in [6.45, 7) is 1.53. The van der Waals surface area contributed by atoms with Gasteiger partial charge in [0, 0.05) is 18.0 Å². The van der Waals surface area contributed by atoms with Gasteiger partial charge in [-0.15, -0.1) is 11.6 Å². The van der Waals surface area contributed by atoms with E-state index in [1.54, 1.807) is 29.2 Å². The molecule has 0 spiro atoms. The van der Waals surface area contributed by atoms with Crippen molar-refractivity contribution < 1.29 is 9.53 Å². The van der Waals surface area contributed by atoms with Crippen LogP contribution in [0, 0.1) is 11.3 Å². The summed E-state index contributed by atoms with van der Waals surface area (Å²) in [5.41, 5.74) is 1.00. The van der Waals surface area contributed by atoms with Crippen LogP contribution in [-0.4, -0.2) is 42.5 Å². The highest BCUT2D eigenvalue weighted by Gasteiger charge is 2.27. The van der Waals surface area contributed by atoms with Gasteiger partial charge in [0.1, 0.15) is 0 Å². The van der Waals surface area contributed by atoms with Gasteiger partial charge in [0.25, 0.3) is 5.91 Å². The van der Waals surface area contributed by atoms with E-state index in [0.717, 1.165) is 0 Å². The Kier molecular flexibility index (Phi) is 4.19. The quantitative estimate of drug-likeness (QED) is 0.763. The zero-order valence-corrected chi connectivity index (χ0v) is 10.6. The molecular formula is C13H13ClN2O2. The molecule has 0 bridgehead atoms. The molecule has 1 aliphatic rings. The fourth-order valence-electron chi connectivity index (χ4n) is 1.94. The molecule has 1 unspecified atom stereocenters. The number of ether oxygens (including phenoxy) is 1. The number of alkyl halides is 1. The van der Waals surface area contributed by atoms with E-state index in [4.69, 9.17) is 21.6 Å². The van der Waals surface area contributed by atoms with Gasteiger partial charge in [-0.3, -0.25) is 4.79 Å². The van der Waals surface area contributed by atoms with Crippen LogP contribution in [0.15, 0.2) is 24.3 Å². The van der Waals surface area contributed by atoms with Crippen LogP contribution >= 0.6 is 11.6 Å². The van der Waals surface area contributed by atoms with Gasteiger partial charge in [-0.25, -0.2) is 0 Å². The van der Waals surface area contributed by atoms with Crippen LogP contribution in [0.25, 0.3) is 0 Å². The van der Waals surface area contributed by atoms with Crippen LogP contribution < -0.4 is 0 Å². The number of halogens is 1. The molecule has 0 aliphatic carbocycles.